The van der Waals surface area contributed by atoms with Gasteiger partial charge in [-0.1, -0.05) is 36.4 Å². The number of rotatable bonds is 9. The topological polar surface area (TPSA) is 59.9 Å². The maximum absolute atomic E-state index is 12.1. The highest BCUT2D eigenvalue weighted by Gasteiger charge is 2.04. The van der Waals surface area contributed by atoms with E-state index < -0.39 is 0 Å². The fourth-order valence-electron chi connectivity index (χ4n) is 2.98. The van der Waals surface area contributed by atoms with E-state index in [4.69, 9.17) is 9.47 Å². The number of hydrazone groups is 1. The molecular formula is C25H26N2O3. The molecule has 0 heterocycles. The molecule has 0 aliphatic carbocycles. The molecule has 0 saturated heterocycles. The van der Waals surface area contributed by atoms with Gasteiger partial charge in [0.1, 0.15) is 11.5 Å². The number of nitrogens with one attached hydrogen (secondary N) is 1. The summed E-state index contributed by atoms with van der Waals surface area (Å²) in [5.41, 5.74) is 6.26. The lowest BCUT2D eigenvalue weighted by molar-refractivity contribution is 0.0955. The molecule has 0 aromatic heterocycles. The molecule has 3 aromatic carbocycles. The highest BCUT2D eigenvalue weighted by atomic mass is 16.5. The SMILES string of the molecule is Cc1cc(C)cc(OCCCOc2ccccc2/C=N\NC(=O)c2ccccc2)c1. The molecule has 0 aliphatic rings. The van der Waals surface area contributed by atoms with Crippen LogP contribution in [0.3, 0.4) is 0 Å². The molecule has 0 spiro atoms. The van der Waals surface area contributed by atoms with Crippen molar-refractivity contribution >= 4 is 12.1 Å². The molecule has 0 bridgehead atoms. The molecule has 0 saturated carbocycles. The summed E-state index contributed by atoms with van der Waals surface area (Å²) in [7, 11) is 0. The quantitative estimate of drug-likeness (QED) is 0.314. The Morgan fingerprint density at radius 3 is 2.33 bits per heavy atom. The van der Waals surface area contributed by atoms with E-state index in [9.17, 15) is 4.79 Å². The first kappa shape index (κ1) is 21.1. The molecule has 0 fully saturated rings. The number of carbonyl (C=O) groups is 1. The maximum Gasteiger partial charge on any atom is 0.271 e. The molecule has 30 heavy (non-hydrogen) atoms. The first-order chi connectivity index (χ1) is 14.6. The summed E-state index contributed by atoms with van der Waals surface area (Å²) >= 11 is 0. The molecule has 0 aliphatic heterocycles. The second-order valence-electron chi connectivity index (χ2n) is 6.98. The summed E-state index contributed by atoms with van der Waals surface area (Å²) in [4.78, 5) is 12.1. The predicted molar refractivity (Wildman–Crippen MR) is 119 cm³/mol. The molecular weight excluding hydrogens is 376 g/mol. The second kappa shape index (κ2) is 10.8. The minimum absolute atomic E-state index is 0.256. The number of para-hydroxylation sites is 1. The molecule has 5 heteroatoms. The van der Waals surface area contributed by atoms with Crippen LogP contribution in [0.2, 0.25) is 0 Å². The Labute approximate surface area is 177 Å². The molecule has 3 rings (SSSR count). The second-order valence-corrected chi connectivity index (χ2v) is 6.98. The highest BCUT2D eigenvalue weighted by Crippen LogP contribution is 2.18. The largest absolute Gasteiger partial charge is 0.493 e. The molecule has 154 valence electrons. The van der Waals surface area contributed by atoms with Gasteiger partial charge in [-0.2, -0.15) is 5.10 Å². The summed E-state index contributed by atoms with van der Waals surface area (Å²) in [6.45, 7) is 5.21. The van der Waals surface area contributed by atoms with Crippen molar-refractivity contribution in [1.82, 2.24) is 5.43 Å². The van der Waals surface area contributed by atoms with Crippen LogP contribution in [-0.2, 0) is 0 Å². The van der Waals surface area contributed by atoms with E-state index in [1.165, 1.54) is 11.1 Å². The van der Waals surface area contributed by atoms with Crippen molar-refractivity contribution in [3.63, 3.8) is 0 Å². The third-order valence-corrected chi connectivity index (χ3v) is 4.33. The zero-order chi connectivity index (χ0) is 21.2. The Bertz CT molecular complexity index is 980. The van der Waals surface area contributed by atoms with E-state index in [0.717, 1.165) is 17.7 Å². The molecule has 3 aromatic rings. The zero-order valence-electron chi connectivity index (χ0n) is 17.3. The van der Waals surface area contributed by atoms with E-state index in [-0.39, 0.29) is 5.91 Å². The highest BCUT2D eigenvalue weighted by molar-refractivity contribution is 5.95. The predicted octanol–water partition coefficient (Wildman–Crippen LogP) is 4.92. The Kier molecular flexibility index (Phi) is 7.61. The van der Waals surface area contributed by atoms with Gasteiger partial charge in [-0.25, -0.2) is 5.43 Å². The van der Waals surface area contributed by atoms with Gasteiger partial charge in [0, 0.05) is 17.5 Å². The number of ether oxygens (including phenoxy) is 2. The van der Waals surface area contributed by atoms with E-state index in [2.05, 4.69) is 30.4 Å². The van der Waals surface area contributed by atoms with E-state index in [1.807, 2.05) is 54.6 Å². The standard InChI is InChI=1S/C25H26N2O3/c1-19-15-20(2)17-23(16-19)29-13-8-14-30-24-12-7-6-11-22(24)18-26-27-25(28)21-9-4-3-5-10-21/h3-7,9-12,15-18H,8,13-14H2,1-2H3,(H,27,28)/b26-18-. The molecule has 1 N–H and O–H groups in total. The monoisotopic (exact) mass is 402 g/mol. The van der Waals surface area contributed by atoms with Crippen LogP contribution in [0.1, 0.15) is 33.5 Å². The van der Waals surface area contributed by atoms with Gasteiger partial charge in [0.25, 0.3) is 5.91 Å². The third-order valence-electron chi connectivity index (χ3n) is 4.33. The van der Waals surface area contributed by atoms with Gasteiger partial charge in [0.05, 0.1) is 19.4 Å². The Balaban J connectivity index is 1.47. The van der Waals surface area contributed by atoms with Crippen molar-refractivity contribution in [2.75, 3.05) is 13.2 Å². The van der Waals surface area contributed by atoms with Crippen LogP contribution >= 0.6 is 0 Å². The van der Waals surface area contributed by atoms with Gasteiger partial charge in [0.2, 0.25) is 0 Å². The van der Waals surface area contributed by atoms with Crippen LogP contribution < -0.4 is 14.9 Å². The molecule has 1 amide bonds. The number of carbonyl (C=O) groups excluding carboxylic acids is 1. The van der Waals surface area contributed by atoms with Gasteiger partial charge in [-0.15, -0.1) is 0 Å². The maximum atomic E-state index is 12.1. The normalized spacial score (nSPS) is 10.7. The summed E-state index contributed by atoms with van der Waals surface area (Å²) < 4.78 is 11.7. The first-order valence-corrected chi connectivity index (χ1v) is 9.93. The van der Waals surface area contributed by atoms with Crippen molar-refractivity contribution in [3.8, 4) is 11.5 Å². The number of aryl methyl sites for hydroxylation is 2. The van der Waals surface area contributed by atoms with Crippen molar-refractivity contribution in [2.45, 2.75) is 20.3 Å². The van der Waals surface area contributed by atoms with Crippen molar-refractivity contribution in [3.05, 3.63) is 95.1 Å². The minimum atomic E-state index is -0.256. The minimum Gasteiger partial charge on any atom is -0.493 e. The number of hydrogen-bond acceptors (Lipinski definition) is 4. The Hall–Kier alpha value is -3.60. The fourth-order valence-corrected chi connectivity index (χ4v) is 2.98. The van der Waals surface area contributed by atoms with Crippen LogP contribution in [0, 0.1) is 13.8 Å². The summed E-state index contributed by atoms with van der Waals surface area (Å²) in [6, 6.07) is 22.7. The first-order valence-electron chi connectivity index (χ1n) is 9.93. The molecule has 0 radical (unpaired) electrons. The van der Waals surface area contributed by atoms with E-state index in [1.54, 1.807) is 18.3 Å². The van der Waals surface area contributed by atoms with Gasteiger partial charge in [-0.3, -0.25) is 4.79 Å². The average Bonchev–Trinajstić information content (AvgIpc) is 2.74. The van der Waals surface area contributed by atoms with Gasteiger partial charge < -0.3 is 9.47 Å². The number of benzene rings is 3. The number of nitrogens with zero attached hydrogens (tertiary/aromatic N) is 1. The van der Waals surface area contributed by atoms with Crippen LogP contribution in [0.4, 0.5) is 0 Å². The Morgan fingerprint density at radius 1 is 0.900 bits per heavy atom. The number of hydrogen-bond donors (Lipinski definition) is 1. The molecule has 0 atom stereocenters. The fraction of sp³-hybridized carbons (Fsp3) is 0.200. The lowest BCUT2D eigenvalue weighted by Gasteiger charge is -2.10. The summed E-state index contributed by atoms with van der Waals surface area (Å²) in [6.07, 6.45) is 2.34. The Morgan fingerprint density at radius 2 is 1.57 bits per heavy atom. The third kappa shape index (κ3) is 6.48. The van der Waals surface area contributed by atoms with Crippen molar-refractivity contribution in [2.24, 2.45) is 5.10 Å². The van der Waals surface area contributed by atoms with Crippen molar-refractivity contribution in [1.29, 1.82) is 0 Å². The van der Waals surface area contributed by atoms with Gasteiger partial charge in [0.15, 0.2) is 0 Å². The van der Waals surface area contributed by atoms with Gasteiger partial charge >= 0.3 is 0 Å². The lowest BCUT2D eigenvalue weighted by atomic mass is 10.1. The molecule has 5 nitrogen and oxygen atoms in total. The van der Waals surface area contributed by atoms with Crippen LogP contribution in [0.15, 0.2) is 77.9 Å². The summed E-state index contributed by atoms with van der Waals surface area (Å²) in [5.74, 6) is 1.34. The van der Waals surface area contributed by atoms with Gasteiger partial charge in [-0.05, 0) is 61.4 Å². The van der Waals surface area contributed by atoms with Crippen molar-refractivity contribution < 1.29 is 14.3 Å². The van der Waals surface area contributed by atoms with Crippen LogP contribution in [0.5, 0.6) is 11.5 Å². The molecule has 0 unspecified atom stereocenters. The number of amides is 1. The average molecular weight is 402 g/mol. The lowest BCUT2D eigenvalue weighted by Crippen LogP contribution is -2.17. The smallest absolute Gasteiger partial charge is 0.271 e. The van der Waals surface area contributed by atoms with E-state index in [0.29, 0.717) is 24.5 Å². The summed E-state index contributed by atoms with van der Waals surface area (Å²) in [5, 5.41) is 4.05. The zero-order valence-corrected chi connectivity index (χ0v) is 17.3. The van der Waals surface area contributed by atoms with Crippen LogP contribution in [-0.4, -0.2) is 25.3 Å². The van der Waals surface area contributed by atoms with Crippen LogP contribution in [0.25, 0.3) is 0 Å². The van der Waals surface area contributed by atoms with E-state index >= 15 is 0 Å².